The molecule has 3 saturated heterocycles. The van der Waals surface area contributed by atoms with Gasteiger partial charge in [0.05, 0.1) is 56.2 Å². The number of carbonyl (C=O) groups excluding carboxylic acids is 4. The van der Waals surface area contributed by atoms with E-state index in [-0.39, 0.29) is 41.1 Å². The summed E-state index contributed by atoms with van der Waals surface area (Å²) in [4.78, 5) is 72.6. The lowest BCUT2D eigenvalue weighted by Gasteiger charge is -2.33. The molecule has 4 N–H and O–H groups in total. The van der Waals surface area contributed by atoms with Gasteiger partial charge in [-0.2, -0.15) is 0 Å². The zero-order chi connectivity index (χ0) is 43.0. The van der Waals surface area contributed by atoms with E-state index in [2.05, 4.69) is 38.8 Å². The van der Waals surface area contributed by atoms with Gasteiger partial charge in [0, 0.05) is 30.7 Å². The van der Waals surface area contributed by atoms with E-state index in [0.717, 1.165) is 70.8 Å². The van der Waals surface area contributed by atoms with Crippen molar-refractivity contribution in [3.63, 3.8) is 0 Å². The number of alkyl carbamates (subject to hydrolysis) is 2. The van der Waals surface area contributed by atoms with E-state index in [9.17, 15) is 19.2 Å². The van der Waals surface area contributed by atoms with Crippen LogP contribution in [-0.2, 0) is 30.4 Å². The normalized spacial score (nSPS) is 21.8. The highest BCUT2D eigenvalue weighted by Gasteiger charge is 2.50. The zero-order valence-corrected chi connectivity index (χ0v) is 35.7. The van der Waals surface area contributed by atoms with Crippen molar-refractivity contribution in [2.75, 3.05) is 40.5 Å². The Bertz CT molecular complexity index is 2260. The summed E-state index contributed by atoms with van der Waals surface area (Å²) in [6.45, 7) is 10.3. The van der Waals surface area contributed by atoms with E-state index >= 15 is 0 Å². The minimum Gasteiger partial charge on any atom is -0.487 e. The van der Waals surface area contributed by atoms with Gasteiger partial charge in [-0.15, -0.1) is 0 Å². The zero-order valence-electron chi connectivity index (χ0n) is 35.7. The predicted octanol–water partition coefficient (Wildman–Crippen LogP) is 6.52. The lowest BCUT2D eigenvalue weighted by Crippen LogP contribution is -2.51. The van der Waals surface area contributed by atoms with E-state index in [1.165, 1.54) is 14.2 Å². The summed E-state index contributed by atoms with van der Waals surface area (Å²) in [5.41, 5.74) is 6.11. The van der Waals surface area contributed by atoms with Crippen LogP contribution < -0.4 is 15.4 Å². The van der Waals surface area contributed by atoms with Crippen LogP contribution in [0.25, 0.3) is 33.6 Å². The van der Waals surface area contributed by atoms with E-state index in [1.54, 1.807) is 11.1 Å². The second kappa shape index (κ2) is 17.2. The lowest BCUT2D eigenvalue weighted by atomic mass is 9.80. The Labute approximate surface area is 355 Å². The Morgan fingerprint density at radius 1 is 0.836 bits per heavy atom. The molecule has 16 heteroatoms. The standard InChI is InChI=1S/C45H56N8O8/c1-25(2)36(50-43(56)58-5)41(54)52-17-7-9-33(52)39-46-21-31(47-39)28-12-10-27(11-13-28)29-14-15-30-35(19-29)61-22-32-38(30)49-40(48-32)34-20-45(16-8-18-60-24-45)23-53(34)42(55)37(26(3)4)51-44(57)59-6/h10-15,19,21,25-26,33-34,36-37H,7-9,16-18,20,22-24H2,1-6H3,(H,46,47)(H,48,49)(H,50,56)(H,51,57)/t33-,34-,36+,37-,45-/m0/s1. The first-order valence-electron chi connectivity index (χ1n) is 21.3. The summed E-state index contributed by atoms with van der Waals surface area (Å²) in [5.74, 6) is 1.54. The number of imidazole rings is 2. The molecule has 1 spiro atoms. The third kappa shape index (κ3) is 8.29. The number of hydrogen-bond acceptors (Lipinski definition) is 10. The molecule has 2 aromatic carbocycles. The molecule has 0 bridgehead atoms. The number of carbonyl (C=O) groups is 4. The fourth-order valence-corrected chi connectivity index (χ4v) is 9.38. The molecular weight excluding hydrogens is 781 g/mol. The van der Waals surface area contributed by atoms with Crippen molar-refractivity contribution in [1.29, 1.82) is 0 Å². The van der Waals surface area contributed by atoms with E-state index in [1.807, 2.05) is 56.9 Å². The predicted molar refractivity (Wildman–Crippen MR) is 225 cm³/mol. The molecule has 5 atom stereocenters. The van der Waals surface area contributed by atoms with Crippen molar-refractivity contribution in [3.8, 4) is 39.4 Å². The number of benzene rings is 2. The van der Waals surface area contributed by atoms with Crippen molar-refractivity contribution in [2.45, 2.75) is 90.6 Å². The first-order chi connectivity index (χ1) is 29.4. The largest absolute Gasteiger partial charge is 0.487 e. The summed E-state index contributed by atoms with van der Waals surface area (Å²) < 4.78 is 21.9. The number of methoxy groups -OCH3 is 2. The fourth-order valence-electron chi connectivity index (χ4n) is 9.38. The molecule has 2 aromatic heterocycles. The molecule has 4 aromatic rings. The number of aromatic amines is 2. The number of amides is 4. The third-order valence-electron chi connectivity index (χ3n) is 12.7. The van der Waals surface area contributed by atoms with Gasteiger partial charge in [0.1, 0.15) is 36.1 Å². The molecule has 4 amide bonds. The van der Waals surface area contributed by atoms with Crippen molar-refractivity contribution >= 4 is 24.0 Å². The van der Waals surface area contributed by atoms with E-state index in [4.69, 9.17) is 28.9 Å². The maximum Gasteiger partial charge on any atom is 0.407 e. The SMILES string of the molecule is COC(=O)N[C@H](C(=O)N1C[C@]2(CCCOC2)C[C@H]1c1nc2c([nH]1)COc1cc(-c3ccc(-c4cnc([C@@H]5CCCN5C(=O)[C@H](NC(=O)OC)C(C)C)[nH]4)cc3)ccc1-2)C(C)C. The number of hydrogen-bond donors (Lipinski definition) is 4. The molecule has 0 saturated carbocycles. The summed E-state index contributed by atoms with van der Waals surface area (Å²) in [7, 11) is 2.58. The minimum absolute atomic E-state index is 0.115. The van der Waals surface area contributed by atoms with Crippen molar-refractivity contribution in [2.24, 2.45) is 17.3 Å². The van der Waals surface area contributed by atoms with Gasteiger partial charge in [0.25, 0.3) is 0 Å². The summed E-state index contributed by atoms with van der Waals surface area (Å²) >= 11 is 0. The van der Waals surface area contributed by atoms with Crippen LogP contribution in [0.15, 0.2) is 48.7 Å². The molecule has 16 nitrogen and oxygen atoms in total. The van der Waals surface area contributed by atoms with E-state index < -0.39 is 24.3 Å². The van der Waals surface area contributed by atoms with Crippen LogP contribution in [0.1, 0.15) is 89.2 Å². The molecule has 0 aliphatic carbocycles. The lowest BCUT2D eigenvalue weighted by molar-refractivity contribution is -0.136. The number of likely N-dealkylation sites (tertiary alicyclic amines) is 2. The molecular formula is C45H56N8O8. The monoisotopic (exact) mass is 836 g/mol. The molecule has 61 heavy (non-hydrogen) atoms. The second-order valence-electron chi connectivity index (χ2n) is 17.5. The number of ether oxygens (including phenoxy) is 4. The number of aromatic nitrogens is 4. The van der Waals surface area contributed by atoms with Crippen LogP contribution >= 0.6 is 0 Å². The molecule has 3 fully saturated rings. The molecule has 0 unspecified atom stereocenters. The first kappa shape index (κ1) is 41.8. The minimum atomic E-state index is -0.755. The molecule has 6 heterocycles. The van der Waals surface area contributed by atoms with Gasteiger partial charge in [-0.25, -0.2) is 19.6 Å². The van der Waals surface area contributed by atoms with Gasteiger partial charge in [-0.1, -0.05) is 58.0 Å². The Morgan fingerprint density at radius 3 is 2.16 bits per heavy atom. The Morgan fingerprint density at radius 2 is 1.51 bits per heavy atom. The van der Waals surface area contributed by atoms with E-state index in [0.29, 0.717) is 51.0 Å². The highest BCUT2D eigenvalue weighted by atomic mass is 16.5. The topological polar surface area (TPSA) is 193 Å². The maximum absolute atomic E-state index is 14.2. The van der Waals surface area contributed by atoms with Crippen LogP contribution in [0.3, 0.4) is 0 Å². The molecule has 8 rings (SSSR count). The summed E-state index contributed by atoms with van der Waals surface area (Å²) in [5, 5.41) is 5.46. The average Bonchev–Trinajstić information content (AvgIpc) is 4.10. The Hall–Kier alpha value is -5.90. The number of rotatable bonds is 10. The van der Waals surface area contributed by atoms with Gasteiger partial charge in [0.15, 0.2) is 0 Å². The number of H-pyrrole nitrogens is 2. The molecule has 324 valence electrons. The van der Waals surface area contributed by atoms with Crippen LogP contribution in [0.2, 0.25) is 0 Å². The van der Waals surface area contributed by atoms with Crippen molar-refractivity contribution in [3.05, 3.63) is 66.0 Å². The van der Waals surface area contributed by atoms with Crippen molar-refractivity contribution in [1.82, 2.24) is 40.4 Å². The van der Waals surface area contributed by atoms with Crippen LogP contribution in [0.5, 0.6) is 5.75 Å². The van der Waals surface area contributed by atoms with Crippen molar-refractivity contribution < 1.29 is 38.1 Å². The third-order valence-corrected chi connectivity index (χ3v) is 12.7. The van der Waals surface area contributed by atoms with Gasteiger partial charge in [0.2, 0.25) is 11.8 Å². The van der Waals surface area contributed by atoms with Gasteiger partial charge >= 0.3 is 12.2 Å². The smallest absolute Gasteiger partial charge is 0.407 e. The van der Waals surface area contributed by atoms with Gasteiger partial charge < -0.3 is 49.3 Å². The van der Waals surface area contributed by atoms with Crippen LogP contribution in [-0.4, -0.2) is 106 Å². The number of nitrogens with one attached hydrogen (secondary N) is 4. The molecule has 4 aliphatic rings. The maximum atomic E-state index is 14.2. The van der Waals surface area contributed by atoms with Crippen LogP contribution in [0.4, 0.5) is 9.59 Å². The fraction of sp³-hybridized carbons (Fsp3) is 0.511. The summed E-state index contributed by atoms with van der Waals surface area (Å²) in [6.07, 6.45) is 4.71. The number of fused-ring (bicyclic) bond motifs is 3. The van der Waals surface area contributed by atoms with Gasteiger partial charge in [-0.3, -0.25) is 9.59 Å². The second-order valence-corrected chi connectivity index (χ2v) is 17.5. The average molecular weight is 837 g/mol. The highest BCUT2D eigenvalue weighted by molar-refractivity contribution is 5.87. The summed E-state index contributed by atoms with van der Waals surface area (Å²) in [6, 6.07) is 12.3. The number of nitrogens with zero attached hydrogens (tertiary/aromatic N) is 4. The highest BCUT2D eigenvalue weighted by Crippen LogP contribution is 2.49. The van der Waals surface area contributed by atoms with Crippen LogP contribution in [0, 0.1) is 17.3 Å². The quantitative estimate of drug-likeness (QED) is 0.137. The Balaban J connectivity index is 0.991. The Kier molecular flexibility index (Phi) is 11.8. The first-order valence-corrected chi connectivity index (χ1v) is 21.3. The molecule has 4 aliphatic heterocycles. The molecule has 0 radical (unpaired) electrons. The van der Waals surface area contributed by atoms with Gasteiger partial charge in [-0.05, 0) is 72.8 Å².